The van der Waals surface area contributed by atoms with E-state index in [0.717, 1.165) is 0 Å². The van der Waals surface area contributed by atoms with Crippen LogP contribution in [0, 0.1) is 0 Å². The summed E-state index contributed by atoms with van der Waals surface area (Å²) < 4.78 is 116. The lowest BCUT2D eigenvalue weighted by molar-refractivity contribution is -0.389. The SMILES string of the molecule is O=C(N1CCc2ccccc2C1)C(F)(F)C(F)(F)C(F)(F)C(F)(F)F. The van der Waals surface area contributed by atoms with Crippen molar-refractivity contribution in [3.63, 3.8) is 0 Å². The fourth-order valence-electron chi connectivity index (χ4n) is 2.38. The molecule has 1 aliphatic heterocycles. The van der Waals surface area contributed by atoms with E-state index in [1.54, 1.807) is 12.1 Å². The Morgan fingerprint density at radius 3 is 1.88 bits per heavy atom. The predicted octanol–water partition coefficient (Wildman–Crippen LogP) is 4.04. The Hall–Kier alpha value is -1.94. The zero-order valence-electron chi connectivity index (χ0n) is 12.2. The van der Waals surface area contributed by atoms with E-state index in [1.165, 1.54) is 12.1 Å². The largest absolute Gasteiger partial charge is 0.460 e. The van der Waals surface area contributed by atoms with E-state index >= 15 is 0 Å². The lowest BCUT2D eigenvalue weighted by Gasteiger charge is -2.37. The van der Waals surface area contributed by atoms with E-state index in [9.17, 15) is 44.3 Å². The molecule has 0 bridgehead atoms. The molecule has 1 aromatic carbocycles. The Bertz CT molecular complexity index is 669. The Morgan fingerprint density at radius 2 is 1.36 bits per heavy atom. The molecule has 2 nitrogen and oxygen atoms in total. The third kappa shape index (κ3) is 2.93. The first kappa shape index (κ1) is 19.4. The number of amides is 1. The first-order valence-corrected chi connectivity index (χ1v) is 6.80. The molecule has 1 aromatic rings. The third-order valence-corrected chi connectivity index (χ3v) is 3.83. The molecule has 0 saturated carbocycles. The molecule has 0 radical (unpaired) electrons. The quantitative estimate of drug-likeness (QED) is 0.726. The summed E-state index contributed by atoms with van der Waals surface area (Å²) in [5.41, 5.74) is 0.936. The van der Waals surface area contributed by atoms with Crippen molar-refractivity contribution in [2.75, 3.05) is 6.54 Å². The third-order valence-electron chi connectivity index (χ3n) is 3.83. The molecule has 0 saturated heterocycles. The van der Waals surface area contributed by atoms with E-state index in [1.807, 2.05) is 0 Å². The highest BCUT2D eigenvalue weighted by Gasteiger charge is 2.84. The average molecular weight is 379 g/mol. The number of alkyl halides is 9. The molecule has 25 heavy (non-hydrogen) atoms. The van der Waals surface area contributed by atoms with Crippen LogP contribution in [0.4, 0.5) is 39.5 Å². The van der Waals surface area contributed by atoms with Crippen LogP contribution in [0.1, 0.15) is 11.1 Å². The highest BCUT2D eigenvalue weighted by Crippen LogP contribution is 2.53. The van der Waals surface area contributed by atoms with Crippen LogP contribution in [-0.2, 0) is 17.8 Å². The minimum atomic E-state index is -7.08. The maximum Gasteiger partial charge on any atom is 0.460 e. The molecular weight excluding hydrogens is 369 g/mol. The zero-order valence-corrected chi connectivity index (χ0v) is 12.2. The fourth-order valence-corrected chi connectivity index (χ4v) is 2.38. The second-order valence-corrected chi connectivity index (χ2v) is 5.47. The minimum Gasteiger partial charge on any atom is -0.333 e. The summed E-state index contributed by atoms with van der Waals surface area (Å²) in [7, 11) is 0. The summed E-state index contributed by atoms with van der Waals surface area (Å²) in [6.45, 7) is -1.11. The van der Waals surface area contributed by atoms with Gasteiger partial charge in [-0.3, -0.25) is 4.79 Å². The summed E-state index contributed by atoms with van der Waals surface area (Å²) >= 11 is 0. The number of hydrogen-bond donors (Lipinski definition) is 0. The van der Waals surface area contributed by atoms with Crippen LogP contribution in [0.5, 0.6) is 0 Å². The van der Waals surface area contributed by atoms with Gasteiger partial charge in [0.1, 0.15) is 0 Å². The second-order valence-electron chi connectivity index (χ2n) is 5.47. The number of hydrogen-bond acceptors (Lipinski definition) is 1. The van der Waals surface area contributed by atoms with Gasteiger partial charge >= 0.3 is 23.9 Å². The van der Waals surface area contributed by atoms with Gasteiger partial charge in [-0.15, -0.1) is 0 Å². The fraction of sp³-hybridized carbons (Fsp3) is 0.500. The minimum absolute atomic E-state index is 0.0285. The van der Waals surface area contributed by atoms with E-state index in [-0.39, 0.29) is 11.3 Å². The van der Waals surface area contributed by atoms with Gasteiger partial charge in [0.2, 0.25) is 0 Å². The number of carbonyl (C=O) groups is 1. The maximum atomic E-state index is 13.7. The number of rotatable bonds is 3. The van der Waals surface area contributed by atoms with E-state index in [4.69, 9.17) is 0 Å². The van der Waals surface area contributed by atoms with Gasteiger partial charge in [-0.1, -0.05) is 24.3 Å². The molecule has 0 spiro atoms. The van der Waals surface area contributed by atoms with E-state index < -0.39 is 42.9 Å². The molecule has 0 N–H and O–H groups in total. The molecule has 140 valence electrons. The van der Waals surface area contributed by atoms with Gasteiger partial charge in [0.25, 0.3) is 5.91 Å². The van der Waals surface area contributed by atoms with Crippen LogP contribution in [-0.4, -0.2) is 41.3 Å². The molecule has 0 atom stereocenters. The molecule has 0 unspecified atom stereocenters. The number of nitrogens with zero attached hydrogens (tertiary/aromatic N) is 1. The summed E-state index contributed by atoms with van der Waals surface area (Å²) in [6.07, 6.45) is -6.98. The normalized spacial score (nSPS) is 16.6. The highest BCUT2D eigenvalue weighted by molar-refractivity contribution is 5.85. The van der Waals surface area contributed by atoms with Crippen LogP contribution >= 0.6 is 0 Å². The highest BCUT2D eigenvalue weighted by atomic mass is 19.4. The van der Waals surface area contributed by atoms with Crippen LogP contribution < -0.4 is 0 Å². The van der Waals surface area contributed by atoms with Crippen molar-refractivity contribution in [2.24, 2.45) is 0 Å². The molecule has 1 amide bonds. The van der Waals surface area contributed by atoms with Crippen LogP contribution in [0.3, 0.4) is 0 Å². The zero-order chi connectivity index (χ0) is 19.3. The Balaban J connectivity index is 2.32. The van der Waals surface area contributed by atoms with Crippen molar-refractivity contribution in [1.29, 1.82) is 0 Å². The molecule has 11 heteroatoms. The van der Waals surface area contributed by atoms with Crippen LogP contribution in [0.2, 0.25) is 0 Å². The van der Waals surface area contributed by atoms with Gasteiger partial charge in [0.05, 0.1) is 0 Å². The Morgan fingerprint density at radius 1 is 0.840 bits per heavy atom. The van der Waals surface area contributed by atoms with Crippen molar-refractivity contribution in [2.45, 2.75) is 36.9 Å². The molecule has 1 heterocycles. The van der Waals surface area contributed by atoms with Gasteiger partial charge in [0.15, 0.2) is 0 Å². The lowest BCUT2D eigenvalue weighted by atomic mass is 9.97. The maximum absolute atomic E-state index is 13.7. The molecule has 0 aromatic heterocycles. The summed E-state index contributed by atoms with van der Waals surface area (Å²) in [6, 6.07) is 6.05. The Kier molecular flexibility index (Phi) is 4.50. The number of benzene rings is 1. The van der Waals surface area contributed by atoms with Crippen LogP contribution in [0.25, 0.3) is 0 Å². The summed E-state index contributed by atoms with van der Waals surface area (Å²) in [4.78, 5) is 11.8. The number of halogens is 9. The van der Waals surface area contributed by atoms with Crippen molar-refractivity contribution in [3.8, 4) is 0 Å². The average Bonchev–Trinajstić information content (AvgIpc) is 2.52. The van der Waals surface area contributed by atoms with Crippen molar-refractivity contribution >= 4 is 5.91 Å². The number of carbonyl (C=O) groups excluding carboxylic acids is 1. The summed E-state index contributed by atoms with van der Waals surface area (Å²) in [5.74, 6) is -23.0. The van der Waals surface area contributed by atoms with Gasteiger partial charge in [0, 0.05) is 13.1 Å². The second kappa shape index (κ2) is 5.80. The van der Waals surface area contributed by atoms with Gasteiger partial charge in [-0.05, 0) is 17.5 Å². The van der Waals surface area contributed by atoms with Crippen molar-refractivity contribution in [1.82, 2.24) is 4.90 Å². The smallest absolute Gasteiger partial charge is 0.333 e. The lowest BCUT2D eigenvalue weighted by Crippen LogP contribution is -2.65. The van der Waals surface area contributed by atoms with Crippen LogP contribution in [0.15, 0.2) is 24.3 Å². The van der Waals surface area contributed by atoms with Gasteiger partial charge < -0.3 is 4.90 Å². The molecule has 2 rings (SSSR count). The van der Waals surface area contributed by atoms with Gasteiger partial charge in [-0.2, -0.15) is 39.5 Å². The molecular formula is C14H10F9NO. The topological polar surface area (TPSA) is 20.3 Å². The molecule has 1 aliphatic rings. The van der Waals surface area contributed by atoms with Crippen molar-refractivity contribution < 1.29 is 44.3 Å². The number of fused-ring (bicyclic) bond motifs is 1. The summed E-state index contributed by atoms with van der Waals surface area (Å²) in [5, 5.41) is 0. The van der Waals surface area contributed by atoms with Gasteiger partial charge in [-0.25, -0.2) is 0 Å². The predicted molar refractivity (Wildman–Crippen MR) is 66.5 cm³/mol. The monoisotopic (exact) mass is 379 g/mol. The van der Waals surface area contributed by atoms with E-state index in [2.05, 4.69) is 0 Å². The van der Waals surface area contributed by atoms with E-state index in [0.29, 0.717) is 11.1 Å². The molecule has 0 aliphatic carbocycles. The standard InChI is InChI=1S/C14H10F9NO/c15-11(16,12(17,18)13(19,20)14(21,22)23)10(25)24-6-5-8-3-1-2-4-9(8)7-24/h1-4H,5-7H2. The first-order chi connectivity index (χ1) is 11.2. The Labute approximate surface area is 135 Å². The van der Waals surface area contributed by atoms with Crippen molar-refractivity contribution in [3.05, 3.63) is 35.4 Å². The molecule has 0 fully saturated rings. The first-order valence-electron chi connectivity index (χ1n) is 6.80.